The van der Waals surface area contributed by atoms with Gasteiger partial charge >= 0.3 is 0 Å². The lowest BCUT2D eigenvalue weighted by atomic mass is 9.89. The lowest BCUT2D eigenvalue weighted by Crippen LogP contribution is -2.35. The van der Waals surface area contributed by atoms with Crippen LogP contribution < -0.4 is 15.4 Å². The van der Waals surface area contributed by atoms with Crippen LogP contribution >= 0.6 is 12.4 Å². The number of carbonyl (C=O) groups excluding carboxylic acids is 1. The van der Waals surface area contributed by atoms with Crippen LogP contribution in [0.4, 0.5) is 5.69 Å². The summed E-state index contributed by atoms with van der Waals surface area (Å²) >= 11 is 0. The first-order valence-corrected chi connectivity index (χ1v) is 8.33. The summed E-state index contributed by atoms with van der Waals surface area (Å²) in [7, 11) is -2.17. The number of anilines is 1. The van der Waals surface area contributed by atoms with Gasteiger partial charge in [0.25, 0.3) is 0 Å². The summed E-state index contributed by atoms with van der Waals surface area (Å²) in [4.78, 5) is 12.5. The molecule has 8 heteroatoms. The highest BCUT2D eigenvalue weighted by Gasteiger charge is 2.36. The smallest absolute Gasteiger partial charge is 0.240 e. The molecular weight excluding hydrogens is 326 g/mol. The van der Waals surface area contributed by atoms with Gasteiger partial charge in [-0.15, -0.1) is 12.4 Å². The first-order valence-electron chi connectivity index (χ1n) is 6.85. The maximum absolute atomic E-state index is 12.3. The zero-order chi connectivity index (χ0) is 15.7. The van der Waals surface area contributed by atoms with Crippen LogP contribution in [-0.2, 0) is 14.8 Å². The van der Waals surface area contributed by atoms with Gasteiger partial charge in [0.1, 0.15) is 0 Å². The fourth-order valence-corrected chi connectivity index (χ4v) is 3.36. The molecule has 2 rings (SSSR count). The van der Waals surface area contributed by atoms with Gasteiger partial charge in [-0.2, -0.15) is 0 Å². The Hall–Kier alpha value is -1.15. The van der Waals surface area contributed by atoms with Gasteiger partial charge in [0.05, 0.1) is 10.3 Å². The van der Waals surface area contributed by atoms with Crippen molar-refractivity contribution in [1.29, 1.82) is 0 Å². The number of rotatable bonds is 4. The molecule has 1 aliphatic rings. The molecule has 22 heavy (non-hydrogen) atoms. The molecule has 1 aliphatic heterocycles. The average Bonchev–Trinajstić information content (AvgIpc) is 2.89. The predicted octanol–water partition coefficient (Wildman–Crippen LogP) is 1.26. The fourth-order valence-electron chi connectivity index (χ4n) is 2.37. The minimum Gasteiger partial charge on any atom is -0.326 e. The largest absolute Gasteiger partial charge is 0.326 e. The summed E-state index contributed by atoms with van der Waals surface area (Å²) in [5.41, 5.74) is 0.677. The molecule has 1 aromatic rings. The number of amides is 1. The molecule has 6 nitrogen and oxygen atoms in total. The molecule has 0 saturated carbocycles. The molecule has 1 saturated heterocycles. The van der Waals surface area contributed by atoms with Gasteiger partial charge in [-0.25, -0.2) is 13.1 Å². The molecule has 0 bridgehead atoms. The molecule has 1 aromatic carbocycles. The monoisotopic (exact) mass is 347 g/mol. The van der Waals surface area contributed by atoms with Crippen LogP contribution in [0.15, 0.2) is 23.1 Å². The number of hydrogen-bond donors (Lipinski definition) is 3. The Kier molecular flexibility index (Phi) is 5.97. The van der Waals surface area contributed by atoms with E-state index in [2.05, 4.69) is 15.4 Å². The van der Waals surface area contributed by atoms with Crippen LogP contribution in [0.25, 0.3) is 0 Å². The highest BCUT2D eigenvalue weighted by Crippen LogP contribution is 2.27. The summed E-state index contributed by atoms with van der Waals surface area (Å²) in [6, 6.07) is 4.90. The summed E-state index contributed by atoms with van der Waals surface area (Å²) in [6.07, 6.45) is 0.770. The number of benzene rings is 1. The predicted molar refractivity (Wildman–Crippen MR) is 88.9 cm³/mol. The van der Waals surface area contributed by atoms with E-state index in [-0.39, 0.29) is 23.2 Å². The Morgan fingerprint density at radius 3 is 2.59 bits per heavy atom. The van der Waals surface area contributed by atoms with E-state index in [9.17, 15) is 13.2 Å². The second-order valence-electron chi connectivity index (χ2n) is 5.63. The number of nitrogens with one attached hydrogen (secondary N) is 3. The minimum absolute atomic E-state index is 0. The van der Waals surface area contributed by atoms with Crippen molar-refractivity contribution in [2.75, 3.05) is 25.5 Å². The third kappa shape index (κ3) is 3.78. The number of carbonyl (C=O) groups is 1. The quantitative estimate of drug-likeness (QED) is 0.765. The molecule has 0 spiro atoms. The van der Waals surface area contributed by atoms with Crippen LogP contribution in [0.1, 0.15) is 18.9 Å². The van der Waals surface area contributed by atoms with Gasteiger partial charge < -0.3 is 10.6 Å². The molecule has 124 valence electrons. The van der Waals surface area contributed by atoms with E-state index in [4.69, 9.17) is 0 Å². The van der Waals surface area contributed by atoms with E-state index in [1.807, 2.05) is 6.92 Å². The lowest BCUT2D eigenvalue weighted by molar-refractivity contribution is -0.123. The van der Waals surface area contributed by atoms with Gasteiger partial charge in [0.2, 0.25) is 15.9 Å². The number of aryl methyl sites for hydroxylation is 1. The van der Waals surface area contributed by atoms with Gasteiger partial charge in [-0.05, 0) is 51.6 Å². The number of halogens is 1. The third-order valence-corrected chi connectivity index (χ3v) is 5.48. The number of sulfonamides is 1. The molecule has 0 radical (unpaired) electrons. The second kappa shape index (κ2) is 6.95. The summed E-state index contributed by atoms with van der Waals surface area (Å²) in [5, 5.41) is 5.98. The Balaban J connectivity index is 0.00000242. The number of hydrogen-bond acceptors (Lipinski definition) is 4. The van der Waals surface area contributed by atoms with Crippen molar-refractivity contribution in [2.45, 2.75) is 25.2 Å². The highest BCUT2D eigenvalue weighted by molar-refractivity contribution is 7.89. The van der Waals surface area contributed by atoms with Gasteiger partial charge in [-0.3, -0.25) is 4.79 Å². The summed E-state index contributed by atoms with van der Waals surface area (Å²) in [5.74, 6) is -0.0934. The first-order chi connectivity index (χ1) is 9.78. The Morgan fingerprint density at radius 1 is 1.36 bits per heavy atom. The van der Waals surface area contributed by atoms with Crippen LogP contribution in [-0.4, -0.2) is 34.5 Å². The molecular formula is C14H22ClN3O3S. The SMILES string of the molecule is CNS(=O)(=O)c1cc(NC(=O)C2(C)CCNC2)ccc1C.Cl. The molecule has 1 heterocycles. The lowest BCUT2D eigenvalue weighted by Gasteiger charge is -2.21. The van der Waals surface area contributed by atoms with E-state index in [1.54, 1.807) is 19.1 Å². The van der Waals surface area contributed by atoms with E-state index >= 15 is 0 Å². The minimum atomic E-state index is -3.54. The zero-order valence-electron chi connectivity index (χ0n) is 12.9. The van der Waals surface area contributed by atoms with Crippen molar-refractivity contribution in [2.24, 2.45) is 5.41 Å². The van der Waals surface area contributed by atoms with Crippen molar-refractivity contribution in [3.05, 3.63) is 23.8 Å². The van der Waals surface area contributed by atoms with Crippen molar-refractivity contribution in [3.63, 3.8) is 0 Å². The van der Waals surface area contributed by atoms with Gasteiger partial charge in [-0.1, -0.05) is 6.07 Å². The van der Waals surface area contributed by atoms with E-state index in [0.29, 0.717) is 17.8 Å². The Morgan fingerprint density at radius 2 is 2.05 bits per heavy atom. The third-order valence-electron chi connectivity index (χ3n) is 3.92. The van der Waals surface area contributed by atoms with Crippen LogP contribution in [0, 0.1) is 12.3 Å². The van der Waals surface area contributed by atoms with E-state index in [1.165, 1.54) is 13.1 Å². The standard InChI is InChI=1S/C14H21N3O3S.ClH/c1-10-4-5-11(8-12(10)21(19,20)15-3)17-13(18)14(2)6-7-16-9-14;/h4-5,8,15-16H,6-7,9H2,1-3H3,(H,17,18);1H. The van der Waals surface area contributed by atoms with Crippen LogP contribution in [0.3, 0.4) is 0 Å². The normalized spacial score (nSPS) is 21.2. The Labute approximate surface area is 137 Å². The van der Waals surface area contributed by atoms with Crippen molar-refractivity contribution >= 4 is 34.0 Å². The fraction of sp³-hybridized carbons (Fsp3) is 0.500. The van der Waals surface area contributed by atoms with E-state index in [0.717, 1.165) is 13.0 Å². The zero-order valence-corrected chi connectivity index (χ0v) is 14.5. The van der Waals surface area contributed by atoms with Crippen LogP contribution in [0.2, 0.25) is 0 Å². The summed E-state index contributed by atoms with van der Waals surface area (Å²) < 4.78 is 26.2. The highest BCUT2D eigenvalue weighted by atomic mass is 35.5. The maximum Gasteiger partial charge on any atom is 0.240 e. The molecule has 3 N–H and O–H groups in total. The molecule has 0 aromatic heterocycles. The van der Waals surface area contributed by atoms with Crippen molar-refractivity contribution in [3.8, 4) is 0 Å². The molecule has 1 atom stereocenters. The Bertz CT molecular complexity index is 655. The van der Waals surface area contributed by atoms with Gasteiger partial charge in [0.15, 0.2) is 0 Å². The first kappa shape index (κ1) is 18.9. The van der Waals surface area contributed by atoms with E-state index < -0.39 is 15.4 Å². The summed E-state index contributed by atoms with van der Waals surface area (Å²) in [6.45, 7) is 5.07. The van der Waals surface area contributed by atoms with Gasteiger partial charge in [0, 0.05) is 12.2 Å². The molecule has 1 unspecified atom stereocenters. The van der Waals surface area contributed by atoms with Crippen LogP contribution in [0.5, 0.6) is 0 Å². The topological polar surface area (TPSA) is 87.3 Å². The molecule has 1 fully saturated rings. The van der Waals surface area contributed by atoms with Crippen molar-refractivity contribution in [1.82, 2.24) is 10.0 Å². The molecule has 1 amide bonds. The average molecular weight is 348 g/mol. The maximum atomic E-state index is 12.3. The molecule has 0 aliphatic carbocycles. The second-order valence-corrected chi connectivity index (χ2v) is 7.48. The van der Waals surface area contributed by atoms with Crippen molar-refractivity contribution < 1.29 is 13.2 Å².